The number of ether oxygens (including phenoxy) is 1. The second kappa shape index (κ2) is 6.29. The van der Waals surface area contributed by atoms with Crippen LogP contribution in [-0.2, 0) is 16.6 Å². The van der Waals surface area contributed by atoms with E-state index in [1.165, 1.54) is 5.56 Å². The SMILES string of the molecule is COc1ccc(C(C)(C)C)cc1CC(Cl)CC(=O)O. The first-order valence-electron chi connectivity index (χ1n) is 6.27. The molecule has 1 N–H and O–H groups in total. The largest absolute Gasteiger partial charge is 0.496 e. The molecule has 1 unspecified atom stereocenters. The van der Waals surface area contributed by atoms with Crippen LogP contribution in [0.4, 0.5) is 0 Å². The summed E-state index contributed by atoms with van der Waals surface area (Å²) in [6.45, 7) is 6.40. The molecule has 1 atom stereocenters. The molecule has 0 amide bonds. The summed E-state index contributed by atoms with van der Waals surface area (Å²) in [5.41, 5.74) is 2.17. The highest BCUT2D eigenvalue weighted by atomic mass is 35.5. The molecule has 0 saturated heterocycles. The molecule has 1 aromatic carbocycles. The topological polar surface area (TPSA) is 46.5 Å². The molecule has 0 aliphatic rings. The number of halogens is 1. The van der Waals surface area contributed by atoms with Crippen LogP contribution in [0, 0.1) is 0 Å². The lowest BCUT2D eigenvalue weighted by molar-refractivity contribution is -0.137. The predicted molar refractivity (Wildman–Crippen MR) is 77.3 cm³/mol. The minimum atomic E-state index is -0.883. The molecule has 1 aromatic rings. The molecule has 0 fully saturated rings. The first-order valence-corrected chi connectivity index (χ1v) is 6.71. The number of aliphatic carboxylic acids is 1. The molecule has 0 radical (unpaired) electrons. The van der Waals surface area contributed by atoms with E-state index in [-0.39, 0.29) is 11.8 Å². The molecule has 4 heteroatoms. The summed E-state index contributed by atoms with van der Waals surface area (Å²) in [6.07, 6.45) is 0.436. The fourth-order valence-electron chi connectivity index (χ4n) is 1.90. The van der Waals surface area contributed by atoms with Gasteiger partial charge in [-0.05, 0) is 29.0 Å². The number of methoxy groups -OCH3 is 1. The number of carboxylic acid groups (broad SMARTS) is 1. The van der Waals surface area contributed by atoms with Crippen molar-refractivity contribution in [2.75, 3.05) is 7.11 Å². The van der Waals surface area contributed by atoms with Crippen molar-refractivity contribution >= 4 is 17.6 Å². The van der Waals surface area contributed by atoms with Gasteiger partial charge in [-0.3, -0.25) is 4.79 Å². The highest BCUT2D eigenvalue weighted by Crippen LogP contribution is 2.29. The van der Waals surface area contributed by atoms with E-state index in [1.807, 2.05) is 12.1 Å². The quantitative estimate of drug-likeness (QED) is 0.840. The molecule has 0 saturated carbocycles. The van der Waals surface area contributed by atoms with Crippen molar-refractivity contribution in [1.82, 2.24) is 0 Å². The Morgan fingerprint density at radius 1 is 1.42 bits per heavy atom. The van der Waals surface area contributed by atoms with Gasteiger partial charge in [-0.25, -0.2) is 0 Å². The number of carboxylic acids is 1. The van der Waals surface area contributed by atoms with E-state index in [4.69, 9.17) is 21.4 Å². The normalized spacial score (nSPS) is 13.1. The maximum atomic E-state index is 10.7. The molecule has 19 heavy (non-hydrogen) atoms. The van der Waals surface area contributed by atoms with Gasteiger partial charge in [0.05, 0.1) is 13.5 Å². The summed E-state index contributed by atoms with van der Waals surface area (Å²) in [5.74, 6) is -0.130. The van der Waals surface area contributed by atoms with Crippen LogP contribution in [0.1, 0.15) is 38.3 Å². The zero-order chi connectivity index (χ0) is 14.6. The number of benzene rings is 1. The average molecular weight is 285 g/mol. The molecule has 106 valence electrons. The second-order valence-electron chi connectivity index (χ2n) is 5.68. The van der Waals surface area contributed by atoms with E-state index < -0.39 is 11.3 Å². The smallest absolute Gasteiger partial charge is 0.304 e. The van der Waals surface area contributed by atoms with Crippen LogP contribution in [0.3, 0.4) is 0 Å². The third-order valence-electron chi connectivity index (χ3n) is 2.98. The molecule has 0 aromatic heterocycles. The van der Waals surface area contributed by atoms with E-state index in [1.54, 1.807) is 7.11 Å². The van der Waals surface area contributed by atoms with E-state index in [2.05, 4.69) is 26.8 Å². The lowest BCUT2D eigenvalue weighted by Gasteiger charge is -2.21. The van der Waals surface area contributed by atoms with Crippen molar-refractivity contribution in [1.29, 1.82) is 0 Å². The number of hydrogen-bond acceptors (Lipinski definition) is 2. The molecule has 1 rings (SSSR count). The monoisotopic (exact) mass is 284 g/mol. The first kappa shape index (κ1) is 15.8. The van der Waals surface area contributed by atoms with Gasteiger partial charge in [0.15, 0.2) is 0 Å². The van der Waals surface area contributed by atoms with Crippen molar-refractivity contribution < 1.29 is 14.6 Å². The van der Waals surface area contributed by atoms with Crippen molar-refractivity contribution in [2.45, 2.75) is 44.4 Å². The summed E-state index contributed by atoms with van der Waals surface area (Å²) in [6, 6.07) is 6.00. The van der Waals surface area contributed by atoms with Crippen LogP contribution in [0.25, 0.3) is 0 Å². The lowest BCUT2D eigenvalue weighted by Crippen LogP contribution is -2.14. The highest BCUT2D eigenvalue weighted by Gasteiger charge is 2.18. The summed E-state index contributed by atoms with van der Waals surface area (Å²) in [7, 11) is 1.61. The Kier molecular flexibility index (Phi) is 5.24. The third-order valence-corrected chi connectivity index (χ3v) is 3.29. The van der Waals surface area contributed by atoms with Crippen molar-refractivity contribution in [2.24, 2.45) is 0 Å². The Balaban J connectivity index is 2.99. The van der Waals surface area contributed by atoms with Crippen LogP contribution in [-0.4, -0.2) is 23.6 Å². The summed E-state index contributed by atoms with van der Waals surface area (Å²) >= 11 is 6.07. The lowest BCUT2D eigenvalue weighted by atomic mass is 9.85. The Bertz CT molecular complexity index is 449. The van der Waals surface area contributed by atoms with Crippen LogP contribution in [0.5, 0.6) is 5.75 Å². The Morgan fingerprint density at radius 2 is 2.05 bits per heavy atom. The van der Waals surface area contributed by atoms with Crippen LogP contribution < -0.4 is 4.74 Å². The first-order chi connectivity index (χ1) is 8.74. The molecule has 3 nitrogen and oxygen atoms in total. The average Bonchev–Trinajstić information content (AvgIpc) is 2.26. The Hall–Kier alpha value is -1.22. The standard InChI is InChI=1S/C15H21ClO3/c1-15(2,3)11-5-6-13(19-4)10(7-11)8-12(16)9-14(17)18/h5-7,12H,8-9H2,1-4H3,(H,17,18). The van der Waals surface area contributed by atoms with Gasteiger partial charge in [-0.2, -0.15) is 0 Å². The molecule has 0 bridgehead atoms. The highest BCUT2D eigenvalue weighted by molar-refractivity contribution is 6.21. The number of hydrogen-bond donors (Lipinski definition) is 1. The van der Waals surface area contributed by atoms with Gasteiger partial charge in [0.1, 0.15) is 5.75 Å². The van der Waals surface area contributed by atoms with Crippen LogP contribution in [0.2, 0.25) is 0 Å². The Labute approximate surface area is 119 Å². The summed E-state index contributed by atoms with van der Waals surface area (Å²) < 4.78 is 5.31. The maximum absolute atomic E-state index is 10.7. The third kappa shape index (κ3) is 4.75. The van der Waals surface area contributed by atoms with E-state index in [0.29, 0.717) is 6.42 Å². The maximum Gasteiger partial charge on any atom is 0.304 e. The molecular weight excluding hydrogens is 264 g/mol. The fourth-order valence-corrected chi connectivity index (χ4v) is 2.20. The molecular formula is C15H21ClO3. The van der Waals surface area contributed by atoms with E-state index in [0.717, 1.165) is 11.3 Å². The van der Waals surface area contributed by atoms with Crippen molar-refractivity contribution in [3.8, 4) is 5.75 Å². The van der Waals surface area contributed by atoms with Gasteiger partial charge in [0.2, 0.25) is 0 Å². The van der Waals surface area contributed by atoms with Crippen molar-refractivity contribution in [3.05, 3.63) is 29.3 Å². The Morgan fingerprint density at radius 3 is 2.53 bits per heavy atom. The minimum absolute atomic E-state index is 0.0373. The molecule has 0 spiro atoms. The molecule has 0 heterocycles. The number of alkyl halides is 1. The molecule has 0 aliphatic heterocycles. The molecule has 0 aliphatic carbocycles. The van der Waals surface area contributed by atoms with E-state index >= 15 is 0 Å². The van der Waals surface area contributed by atoms with Gasteiger partial charge in [0, 0.05) is 5.38 Å². The second-order valence-corrected chi connectivity index (χ2v) is 6.29. The number of carbonyl (C=O) groups is 1. The zero-order valence-electron chi connectivity index (χ0n) is 11.9. The van der Waals surface area contributed by atoms with Crippen LogP contribution >= 0.6 is 11.6 Å². The minimum Gasteiger partial charge on any atom is -0.496 e. The van der Waals surface area contributed by atoms with Gasteiger partial charge < -0.3 is 9.84 Å². The predicted octanol–water partition coefficient (Wildman–Crippen LogP) is 3.62. The van der Waals surface area contributed by atoms with Crippen molar-refractivity contribution in [3.63, 3.8) is 0 Å². The van der Waals surface area contributed by atoms with Crippen LogP contribution in [0.15, 0.2) is 18.2 Å². The van der Waals surface area contributed by atoms with Gasteiger partial charge in [-0.1, -0.05) is 32.9 Å². The van der Waals surface area contributed by atoms with E-state index in [9.17, 15) is 4.79 Å². The van der Waals surface area contributed by atoms with Gasteiger partial charge in [-0.15, -0.1) is 11.6 Å². The summed E-state index contributed by atoms with van der Waals surface area (Å²) in [4.78, 5) is 10.7. The zero-order valence-corrected chi connectivity index (χ0v) is 12.6. The summed E-state index contributed by atoms with van der Waals surface area (Å²) in [5, 5.41) is 8.33. The number of rotatable bonds is 5. The van der Waals surface area contributed by atoms with Gasteiger partial charge >= 0.3 is 5.97 Å². The van der Waals surface area contributed by atoms with Gasteiger partial charge in [0.25, 0.3) is 0 Å². The fraction of sp³-hybridized carbons (Fsp3) is 0.533.